The van der Waals surface area contributed by atoms with Crippen LogP contribution in [0.25, 0.3) is 300 Å². The van der Waals surface area contributed by atoms with Crippen molar-refractivity contribution >= 4 is 176 Å². The highest BCUT2D eigenvalue weighted by molar-refractivity contribution is 6.21. The van der Waals surface area contributed by atoms with Crippen LogP contribution < -0.4 is 0 Å². The quantitative estimate of drug-likeness (QED) is 0.109. The zero-order valence-corrected chi connectivity index (χ0v) is 80.4. The lowest BCUT2D eigenvalue weighted by atomic mass is 10.0. The highest BCUT2D eigenvalue weighted by Crippen LogP contribution is 2.49. The normalized spacial score (nSPS) is 11.9. The summed E-state index contributed by atoms with van der Waals surface area (Å²) in [5.74, 6) is 3.68. The van der Waals surface area contributed by atoms with Crippen molar-refractivity contribution in [2.45, 2.75) is 0 Å². The molecule has 0 fully saturated rings. The van der Waals surface area contributed by atoms with E-state index in [1.807, 2.05) is 72.8 Å². The number of para-hydroxylation sites is 14. The smallest absolute Gasteiger partial charge is 0.145 e. The minimum atomic E-state index is 0.827. The van der Waals surface area contributed by atoms with Crippen molar-refractivity contribution in [3.05, 3.63) is 497 Å². The molecule has 0 unspecified atom stereocenters. The number of aromatic nitrogens is 8. The third-order valence-corrected chi connectivity index (χ3v) is 29.4. The molecular formula is C136H82N8O6. The lowest BCUT2D eigenvalue weighted by molar-refractivity contribution is 0.664. The molecule has 10 aromatic heterocycles. The number of hydrogen-bond donors (Lipinski definition) is 0. The summed E-state index contributed by atoms with van der Waals surface area (Å²) in [7, 11) is 0. The summed E-state index contributed by atoms with van der Waals surface area (Å²) in [6.07, 6.45) is 0. The number of benzene rings is 22. The third kappa shape index (κ3) is 14.1. The molecule has 32 rings (SSSR count). The van der Waals surface area contributed by atoms with Crippen LogP contribution in [0.3, 0.4) is 0 Å². The molecule has 0 aliphatic heterocycles. The maximum atomic E-state index is 6.77. The molecule has 0 aliphatic carbocycles. The van der Waals surface area contributed by atoms with Crippen LogP contribution in [0.15, 0.2) is 524 Å². The fourth-order valence-electron chi connectivity index (χ4n) is 22.4. The van der Waals surface area contributed by atoms with E-state index < -0.39 is 0 Å². The van der Waals surface area contributed by atoms with Crippen molar-refractivity contribution < 1.29 is 26.5 Å². The Bertz CT molecular complexity index is 10700. The highest BCUT2D eigenvalue weighted by atomic mass is 16.4. The standard InChI is InChI=1S/C56H34N4O2.C43H26N2O2.C37H22N2O2/c1-3-13-37(14-4-1)55-57-47-21-7-9-23-49(47)59(55)39-29-25-35(26-30-39)41-17-11-19-43-45-33-52-46(34-51(45)61-53(41)43)44-20-12-18-42(54(44)62-52)36-27-31-40(32-28-36)60-50-24-10-8-22-48(50)58-56(60)38-15-5-2-6-16-38;1-3-11-27(12-4-1)31-15-9-17-33-35-25-40-36(26-39(35)46-41(31)33)34-18-10-16-32(42(34)47-40)28-21-23-30(24-22-28)45-38-20-8-7-19-37(38)44-43(45)29-13-5-2-6-14-29;1-2-9-24(10-3-1)37-38-31-14-5-6-15-32(31)39(37)25-19-17-23(18-20-25)26-12-8-13-28-30-22-34-29(21-35(30)41-36(26)28)27-11-4-7-16-33(27)40-34/h1-34H;1-26H;1-22H. The maximum Gasteiger partial charge on any atom is 0.145 e. The van der Waals surface area contributed by atoms with E-state index in [1.165, 1.54) is 0 Å². The van der Waals surface area contributed by atoms with E-state index >= 15 is 0 Å². The lowest BCUT2D eigenvalue weighted by Gasteiger charge is -2.11. The van der Waals surface area contributed by atoms with Crippen molar-refractivity contribution in [2.75, 3.05) is 0 Å². The molecule has 22 aromatic carbocycles. The van der Waals surface area contributed by atoms with E-state index in [4.69, 9.17) is 46.4 Å². The molecule has 702 valence electrons. The number of fused-ring (bicyclic) bond motifs is 22. The number of imidazole rings is 4. The molecular weight excluding hydrogens is 1840 g/mol. The average Bonchev–Trinajstić information content (AvgIpc) is 1.58. The Balaban J connectivity index is 0.000000106. The zero-order chi connectivity index (χ0) is 98.5. The molecule has 14 nitrogen and oxygen atoms in total. The van der Waals surface area contributed by atoms with Crippen molar-refractivity contribution in [1.29, 1.82) is 0 Å². The predicted octanol–water partition coefficient (Wildman–Crippen LogP) is 36.8. The van der Waals surface area contributed by atoms with Crippen LogP contribution in [0.4, 0.5) is 0 Å². The molecule has 150 heavy (non-hydrogen) atoms. The Morgan fingerprint density at radius 2 is 0.327 bits per heavy atom. The molecule has 0 saturated heterocycles. The van der Waals surface area contributed by atoms with Crippen LogP contribution in [-0.2, 0) is 0 Å². The van der Waals surface area contributed by atoms with Crippen molar-refractivity contribution in [1.82, 2.24) is 38.2 Å². The van der Waals surface area contributed by atoms with Gasteiger partial charge in [-0.15, -0.1) is 0 Å². The second-order valence-corrected chi connectivity index (χ2v) is 38.1. The molecule has 32 aromatic rings. The second kappa shape index (κ2) is 34.7. The van der Waals surface area contributed by atoms with Gasteiger partial charge in [-0.05, 0) is 167 Å². The molecule has 0 atom stereocenters. The van der Waals surface area contributed by atoms with E-state index in [0.29, 0.717) is 0 Å². The summed E-state index contributed by atoms with van der Waals surface area (Å²) >= 11 is 0. The first kappa shape index (κ1) is 85.1. The Morgan fingerprint density at radius 1 is 0.133 bits per heavy atom. The second-order valence-electron chi connectivity index (χ2n) is 38.1. The number of hydrogen-bond acceptors (Lipinski definition) is 10. The first-order chi connectivity index (χ1) is 74.3. The Labute approximate surface area is 856 Å². The van der Waals surface area contributed by atoms with Gasteiger partial charge in [0, 0.05) is 137 Å². The van der Waals surface area contributed by atoms with Gasteiger partial charge in [-0.2, -0.15) is 0 Å². The van der Waals surface area contributed by atoms with Crippen LogP contribution in [-0.4, -0.2) is 38.2 Å². The van der Waals surface area contributed by atoms with Gasteiger partial charge in [-0.1, -0.05) is 358 Å². The van der Waals surface area contributed by atoms with Gasteiger partial charge in [-0.25, -0.2) is 19.9 Å². The van der Waals surface area contributed by atoms with Gasteiger partial charge in [0.1, 0.15) is 90.3 Å². The highest BCUT2D eigenvalue weighted by Gasteiger charge is 2.27. The predicted molar refractivity (Wildman–Crippen MR) is 610 cm³/mol. The molecule has 0 aliphatic rings. The van der Waals surface area contributed by atoms with E-state index in [1.54, 1.807) is 0 Å². The molecule has 0 saturated carbocycles. The van der Waals surface area contributed by atoms with E-state index in [-0.39, 0.29) is 0 Å². The van der Waals surface area contributed by atoms with E-state index in [2.05, 4.69) is 443 Å². The Kier molecular flexibility index (Phi) is 19.7. The Morgan fingerprint density at radius 3 is 0.580 bits per heavy atom. The van der Waals surface area contributed by atoms with Crippen LogP contribution in [0.1, 0.15) is 0 Å². The summed E-state index contributed by atoms with van der Waals surface area (Å²) in [4.78, 5) is 20.0. The van der Waals surface area contributed by atoms with Crippen molar-refractivity contribution in [3.63, 3.8) is 0 Å². The first-order valence-corrected chi connectivity index (χ1v) is 50.3. The summed E-state index contributed by atoms with van der Waals surface area (Å²) < 4.78 is 48.4. The largest absolute Gasteiger partial charge is 0.456 e. The minimum absolute atomic E-state index is 0.827. The fraction of sp³-hybridized carbons (Fsp3) is 0. The van der Waals surface area contributed by atoms with Gasteiger partial charge < -0.3 is 26.5 Å². The van der Waals surface area contributed by atoms with Crippen LogP contribution in [0, 0.1) is 0 Å². The minimum Gasteiger partial charge on any atom is -0.456 e. The van der Waals surface area contributed by atoms with Gasteiger partial charge in [0.05, 0.1) is 44.1 Å². The monoisotopic (exact) mass is 1920 g/mol. The molecule has 0 spiro atoms. The SMILES string of the molecule is c1ccc(-c2cccc3c2oc2cc4c(cc23)oc2c(-c3ccc(-n5c(-c6ccccc6)nc6ccccc65)cc3)cccc24)cc1.c1ccc(-c2nc3ccccc3n2-c2ccc(-c3cccc4c3oc3cc5c(cc34)oc3c(-c4ccc(-n6c(-c7ccccc7)nc7ccccc76)cc4)cccc35)cc2)cc1.c1ccc(-c2nc3ccccc3n2-c2ccc(-c3cccc4c3oc3cc5c(cc34)oc3ccccc35)cc2)cc1. The third-order valence-electron chi connectivity index (χ3n) is 29.4. The molecule has 0 amide bonds. The number of nitrogens with zero attached hydrogens (tertiary/aromatic N) is 8. The topological polar surface area (TPSA) is 150 Å². The van der Waals surface area contributed by atoms with Gasteiger partial charge >= 0.3 is 0 Å². The zero-order valence-electron chi connectivity index (χ0n) is 80.4. The molecule has 0 radical (unpaired) electrons. The van der Waals surface area contributed by atoms with Crippen molar-refractivity contribution in [3.8, 4) is 124 Å². The summed E-state index contributed by atoms with van der Waals surface area (Å²) in [5, 5.41) is 12.7. The fourth-order valence-corrected chi connectivity index (χ4v) is 22.4. The molecule has 0 N–H and O–H groups in total. The average molecular weight is 1920 g/mol. The molecule has 10 heterocycles. The van der Waals surface area contributed by atoms with Gasteiger partial charge in [0.25, 0.3) is 0 Å². The number of furan rings is 6. The molecule has 14 heteroatoms. The van der Waals surface area contributed by atoms with Crippen molar-refractivity contribution in [2.24, 2.45) is 0 Å². The Hall–Kier alpha value is -20.5. The summed E-state index contributed by atoms with van der Waals surface area (Å²) in [5.41, 5.74) is 37.8. The van der Waals surface area contributed by atoms with E-state index in [9.17, 15) is 0 Å². The lowest BCUT2D eigenvalue weighted by Crippen LogP contribution is -1.97. The van der Waals surface area contributed by atoms with Crippen LogP contribution in [0.5, 0.6) is 0 Å². The first-order valence-electron chi connectivity index (χ1n) is 50.3. The maximum absolute atomic E-state index is 6.77. The summed E-state index contributed by atoms with van der Waals surface area (Å²) in [6, 6.07) is 172. The number of rotatable bonds is 13. The van der Waals surface area contributed by atoms with E-state index in [0.717, 1.165) is 300 Å². The van der Waals surface area contributed by atoms with Crippen LogP contribution in [0.2, 0.25) is 0 Å². The molecule has 0 bridgehead atoms. The van der Waals surface area contributed by atoms with Gasteiger partial charge in [0.2, 0.25) is 0 Å². The van der Waals surface area contributed by atoms with Crippen LogP contribution >= 0.6 is 0 Å². The summed E-state index contributed by atoms with van der Waals surface area (Å²) in [6.45, 7) is 0. The van der Waals surface area contributed by atoms with Gasteiger partial charge in [0.15, 0.2) is 0 Å². The van der Waals surface area contributed by atoms with Gasteiger partial charge in [-0.3, -0.25) is 18.3 Å².